The Hall–Kier alpha value is 1.01. The molecule has 0 aromatic carbocycles. The average Bonchev–Trinajstić information content (AvgIpc) is 1.96. The minimum atomic E-state index is 0. The molecule has 0 spiro atoms. The molecule has 0 heterocycles. The molecule has 0 nitrogen and oxygen atoms in total. The topological polar surface area (TPSA) is 0 Å². The molecule has 1 atom stereocenters. The molecule has 10 heavy (non-hydrogen) atoms. The van der Waals surface area contributed by atoms with Crippen LogP contribution in [0.4, 0.5) is 0 Å². The van der Waals surface area contributed by atoms with Gasteiger partial charge in [-0.1, -0.05) is 27.7 Å². The Labute approximate surface area is 95.1 Å². The quantitative estimate of drug-likeness (QED) is 0.372. The van der Waals surface area contributed by atoms with E-state index in [4.69, 9.17) is 13.2 Å². The fraction of sp³-hybridized carbons (Fsp3) is 0.500. The number of hydrogen-bond acceptors (Lipinski definition) is 0. The van der Waals surface area contributed by atoms with Gasteiger partial charge in [-0.25, -0.2) is 0 Å². The van der Waals surface area contributed by atoms with E-state index in [0.717, 1.165) is 0 Å². The van der Waals surface area contributed by atoms with Gasteiger partial charge in [0.1, 0.15) is 0 Å². The fourth-order valence-electron chi connectivity index (χ4n) is 0. The maximum atomic E-state index is 4.72. The normalized spacial score (nSPS) is 3.20. The maximum absolute atomic E-state index is 4.72. The largest absolute Gasteiger partial charge is 0.394 e. The van der Waals surface area contributed by atoms with E-state index in [1.807, 2.05) is 27.7 Å². The van der Waals surface area contributed by atoms with Crippen molar-refractivity contribution in [2.24, 2.45) is 0 Å². The zero-order chi connectivity index (χ0) is 7.41. The van der Waals surface area contributed by atoms with Crippen LogP contribution in [0.3, 0.4) is 0 Å². The van der Waals surface area contributed by atoms with E-state index in [1.54, 1.807) is 0 Å². The Morgan fingerprint density at radius 3 is 0.900 bits per heavy atom. The van der Waals surface area contributed by atoms with E-state index in [1.165, 1.54) is 12.2 Å². The first-order valence-corrected chi connectivity index (χ1v) is 3.00. The minimum Gasteiger partial charge on any atom is -0.394 e. The average molecular weight is 235 g/mol. The van der Waals surface area contributed by atoms with Crippen LogP contribution in [0.2, 0.25) is 0 Å². The van der Waals surface area contributed by atoms with Crippen LogP contribution in [0.25, 0.3) is 0 Å². The van der Waals surface area contributed by atoms with Gasteiger partial charge in [0.15, 0.2) is 0 Å². The molecule has 2 heteroatoms. The van der Waals surface area contributed by atoms with Gasteiger partial charge >= 0.3 is 0 Å². The van der Waals surface area contributed by atoms with E-state index in [2.05, 4.69) is 0 Å². The predicted octanol–water partition coefficient (Wildman–Crippen LogP) is 3.07. The second-order valence-corrected chi connectivity index (χ2v) is 0.385. The molecule has 0 aliphatic heterocycles. The van der Waals surface area contributed by atoms with Crippen LogP contribution in [0.1, 0.15) is 27.7 Å². The van der Waals surface area contributed by atoms with Gasteiger partial charge in [-0.15, -0.1) is 0 Å². The summed E-state index contributed by atoms with van der Waals surface area (Å²) >= 11 is 0. The van der Waals surface area contributed by atoms with Crippen LogP contribution in [0.5, 0.6) is 0 Å². The molecule has 0 saturated heterocycles. The van der Waals surface area contributed by atoms with Crippen LogP contribution in [0.15, 0.2) is 12.2 Å². The minimum absolute atomic E-state index is 0. The molecule has 61 valence electrons. The van der Waals surface area contributed by atoms with Crippen molar-refractivity contribution in [3.63, 3.8) is 0 Å². The zero-order valence-corrected chi connectivity index (χ0v) is 11.8. The van der Waals surface area contributed by atoms with Gasteiger partial charge in [0.05, 0.1) is 0 Å². The van der Waals surface area contributed by atoms with E-state index >= 15 is 0 Å². The Morgan fingerprint density at radius 2 is 0.900 bits per heavy atom. The molecule has 0 N–H and O–H groups in total. The van der Waals surface area contributed by atoms with Crippen LogP contribution in [-0.4, -0.2) is 0 Å². The number of allylic oxidation sites excluding steroid dienone is 2. The Bertz CT molecular complexity index is 30.2. The second-order valence-electron chi connectivity index (χ2n) is 0.385. The van der Waals surface area contributed by atoms with Crippen LogP contribution < -0.4 is 0 Å². The first kappa shape index (κ1) is 30.5. The fourth-order valence-corrected chi connectivity index (χ4v) is 0. The van der Waals surface area contributed by atoms with Gasteiger partial charge < -0.3 is 25.3 Å². The predicted molar refractivity (Wildman–Crippen MR) is 51.5 cm³/mol. The molecule has 0 rings (SSSR count). The molecule has 0 saturated carbocycles. The molecule has 0 amide bonds. The molecule has 1 unspecified atom stereocenters. The van der Waals surface area contributed by atoms with Gasteiger partial charge in [-0.3, -0.25) is 0 Å². The zero-order valence-electron chi connectivity index (χ0n) is 7.59. The molecular formula is C8H19PY-2. The summed E-state index contributed by atoms with van der Waals surface area (Å²) in [6, 6.07) is 0. The molecule has 1 radical (unpaired) electrons. The van der Waals surface area contributed by atoms with Gasteiger partial charge in [-0.05, 0) is 0 Å². The Kier molecular flexibility index (Phi) is 274. The van der Waals surface area contributed by atoms with Crippen molar-refractivity contribution in [2.45, 2.75) is 27.7 Å². The summed E-state index contributed by atoms with van der Waals surface area (Å²) < 4.78 is 0. The van der Waals surface area contributed by atoms with Gasteiger partial charge in [0.25, 0.3) is 0 Å². The van der Waals surface area contributed by atoms with Crippen molar-refractivity contribution in [1.82, 2.24) is 0 Å². The van der Waals surface area contributed by atoms with Crippen LogP contribution >= 0.6 is 9.90 Å². The molecule has 0 aliphatic carbocycles. The Morgan fingerprint density at radius 1 is 0.800 bits per heavy atom. The maximum Gasteiger partial charge on any atom is 0 e. The molecule has 0 aromatic heterocycles. The molecule has 0 aromatic rings. The van der Waals surface area contributed by atoms with E-state index in [0.29, 0.717) is 0 Å². The summed E-state index contributed by atoms with van der Waals surface area (Å²) in [5.41, 5.74) is 0. The summed E-state index contributed by atoms with van der Waals surface area (Å²) in [6.07, 6.45) is 2.56. The smallest absolute Gasteiger partial charge is 0 e. The van der Waals surface area contributed by atoms with E-state index in [9.17, 15) is 0 Å². The summed E-state index contributed by atoms with van der Waals surface area (Å²) in [7, 11) is 0. The van der Waals surface area contributed by atoms with Crippen molar-refractivity contribution in [2.75, 3.05) is 0 Å². The summed E-state index contributed by atoms with van der Waals surface area (Å²) in [5.74, 6) is 0. The van der Waals surface area contributed by atoms with Crippen LogP contribution in [0, 0.1) is 13.2 Å². The third-order valence-electron chi connectivity index (χ3n) is 0.111. The summed E-state index contributed by atoms with van der Waals surface area (Å²) in [5, 5.41) is 0. The molecular weight excluding hydrogens is 216 g/mol. The van der Waals surface area contributed by atoms with Crippen molar-refractivity contribution < 1.29 is 32.7 Å². The standard InChI is InChI=1S/C4H4.2C2H6.H3P.Y/c1-3-4-2;2*1-2;;/h1-4H;2*1-2H3;1H3;/q-2;;;;. The third-order valence-corrected chi connectivity index (χ3v) is 0.111. The molecule has 0 bridgehead atoms. The first-order valence-electron chi connectivity index (χ1n) is 3.00. The molecule has 0 fully saturated rings. The number of hydrogen-bond donors (Lipinski definition) is 0. The van der Waals surface area contributed by atoms with Crippen molar-refractivity contribution in [3.8, 4) is 0 Å². The summed E-state index contributed by atoms with van der Waals surface area (Å²) in [6.45, 7) is 17.4. The first-order chi connectivity index (χ1) is 3.91. The SMILES string of the molecule is CC.CC.P.[CH-]=CC=[CH-].[Y]. The van der Waals surface area contributed by atoms with E-state index in [-0.39, 0.29) is 42.6 Å². The summed E-state index contributed by atoms with van der Waals surface area (Å²) in [4.78, 5) is 0. The molecule has 0 aliphatic rings. The van der Waals surface area contributed by atoms with Crippen LogP contribution in [-0.2, 0) is 32.7 Å². The van der Waals surface area contributed by atoms with Gasteiger partial charge in [0.2, 0.25) is 0 Å². The van der Waals surface area contributed by atoms with Crippen molar-refractivity contribution in [3.05, 3.63) is 25.3 Å². The van der Waals surface area contributed by atoms with Crippen molar-refractivity contribution >= 4 is 9.90 Å². The third kappa shape index (κ3) is 143. The van der Waals surface area contributed by atoms with Gasteiger partial charge in [0, 0.05) is 32.7 Å². The second kappa shape index (κ2) is 89.6. The monoisotopic (exact) mass is 235 g/mol. The van der Waals surface area contributed by atoms with E-state index < -0.39 is 0 Å². The Balaban J connectivity index is -0.0000000125. The number of rotatable bonds is 1. The van der Waals surface area contributed by atoms with Gasteiger partial charge in [-0.2, -0.15) is 9.90 Å². The van der Waals surface area contributed by atoms with Crippen molar-refractivity contribution in [1.29, 1.82) is 0 Å².